The summed E-state index contributed by atoms with van der Waals surface area (Å²) in [6.45, 7) is 0. The molecular weight excluding hydrogens is 218 g/mol. The number of halogens is 3. The zero-order valence-electron chi connectivity index (χ0n) is 6.67. The Morgan fingerprint density at radius 1 is 1.64 bits per heavy atom. The second-order valence-electron chi connectivity index (χ2n) is 2.41. The highest BCUT2D eigenvalue weighted by molar-refractivity contribution is 6.67. The average Bonchev–Trinajstić information content (AvgIpc) is 2.07. The summed E-state index contributed by atoms with van der Waals surface area (Å²) in [7, 11) is 0. The third-order valence-electron chi connectivity index (χ3n) is 1.46. The molecule has 14 heavy (non-hydrogen) atoms. The summed E-state index contributed by atoms with van der Waals surface area (Å²) in [5.74, 6) is -1.24. The number of alkyl halides is 2. The normalized spacial score (nSPS) is 10.6. The maximum absolute atomic E-state index is 12.3. The number of carbonyl (C=O) groups is 1. The lowest BCUT2D eigenvalue weighted by Crippen LogP contribution is -2.02. The van der Waals surface area contributed by atoms with E-state index in [1.165, 1.54) is 0 Å². The first-order valence-electron chi connectivity index (χ1n) is 3.41. The number of nitrogen functional groups attached to an aromatic ring is 1. The molecule has 0 aliphatic heterocycles. The molecule has 1 rings (SSSR count). The van der Waals surface area contributed by atoms with Crippen LogP contribution in [-0.2, 0) is 0 Å². The van der Waals surface area contributed by atoms with Crippen LogP contribution >= 0.6 is 11.6 Å². The Morgan fingerprint density at radius 3 is 2.64 bits per heavy atom. The molecule has 0 aliphatic rings. The van der Waals surface area contributed by atoms with E-state index in [-0.39, 0.29) is 5.82 Å². The molecule has 0 aromatic carbocycles. The van der Waals surface area contributed by atoms with E-state index in [1.54, 1.807) is 0 Å². The number of hydrogen-bond donors (Lipinski definition) is 2. The van der Waals surface area contributed by atoms with Crippen molar-refractivity contribution in [3.8, 4) is 5.75 Å². The van der Waals surface area contributed by atoms with Crippen molar-refractivity contribution in [3.05, 3.63) is 17.3 Å². The number of nitrogens with two attached hydrogens (primary N) is 1. The predicted molar refractivity (Wildman–Crippen MR) is 45.5 cm³/mol. The van der Waals surface area contributed by atoms with Gasteiger partial charge >= 0.3 is 0 Å². The number of pyridine rings is 1. The Balaban J connectivity index is 3.40. The van der Waals surface area contributed by atoms with Crippen molar-refractivity contribution < 1.29 is 18.7 Å². The van der Waals surface area contributed by atoms with E-state index in [0.29, 0.717) is 0 Å². The molecule has 0 fully saturated rings. The maximum Gasteiger partial charge on any atom is 0.274 e. The van der Waals surface area contributed by atoms with Gasteiger partial charge in [0.25, 0.3) is 11.7 Å². The fourth-order valence-corrected chi connectivity index (χ4v) is 1.01. The third kappa shape index (κ3) is 1.90. The van der Waals surface area contributed by atoms with Gasteiger partial charge in [0.1, 0.15) is 5.82 Å². The van der Waals surface area contributed by atoms with E-state index in [9.17, 15) is 13.6 Å². The number of anilines is 1. The van der Waals surface area contributed by atoms with Crippen molar-refractivity contribution in [2.75, 3.05) is 5.73 Å². The smallest absolute Gasteiger partial charge is 0.274 e. The van der Waals surface area contributed by atoms with E-state index >= 15 is 0 Å². The van der Waals surface area contributed by atoms with Gasteiger partial charge in [0.15, 0.2) is 11.4 Å². The van der Waals surface area contributed by atoms with Crippen molar-refractivity contribution in [1.82, 2.24) is 4.98 Å². The number of aromatic hydroxyl groups is 1. The highest BCUT2D eigenvalue weighted by Gasteiger charge is 2.21. The highest BCUT2D eigenvalue weighted by atomic mass is 35.5. The van der Waals surface area contributed by atoms with Gasteiger partial charge in [-0.25, -0.2) is 13.8 Å². The SMILES string of the molecule is Nc1cc(C(F)F)c(O)c(C(=O)Cl)n1. The van der Waals surface area contributed by atoms with E-state index in [0.717, 1.165) is 6.07 Å². The van der Waals surface area contributed by atoms with Gasteiger partial charge in [-0.15, -0.1) is 0 Å². The summed E-state index contributed by atoms with van der Waals surface area (Å²) >= 11 is 5.00. The Hall–Kier alpha value is -1.43. The molecule has 0 unspecified atom stereocenters. The quantitative estimate of drug-likeness (QED) is 0.747. The minimum absolute atomic E-state index is 0.304. The minimum atomic E-state index is -2.95. The molecule has 0 radical (unpaired) electrons. The second kappa shape index (κ2) is 3.75. The monoisotopic (exact) mass is 222 g/mol. The van der Waals surface area contributed by atoms with Crippen molar-refractivity contribution in [2.24, 2.45) is 0 Å². The summed E-state index contributed by atoms with van der Waals surface area (Å²) in [5, 5.41) is 8.01. The van der Waals surface area contributed by atoms with Gasteiger partial charge in [0.2, 0.25) is 0 Å². The lowest BCUT2D eigenvalue weighted by Gasteiger charge is -2.06. The van der Waals surface area contributed by atoms with Crippen LogP contribution in [0.5, 0.6) is 5.75 Å². The summed E-state index contributed by atoms with van der Waals surface area (Å²) in [6, 6.07) is 0.781. The maximum atomic E-state index is 12.3. The van der Waals surface area contributed by atoms with Gasteiger partial charge in [0, 0.05) is 0 Å². The predicted octanol–water partition coefficient (Wildman–Crippen LogP) is 1.69. The molecular formula is C7H5ClF2N2O2. The number of nitrogens with zero attached hydrogens (tertiary/aromatic N) is 1. The molecule has 7 heteroatoms. The summed E-state index contributed by atoms with van der Waals surface area (Å²) in [4.78, 5) is 14.0. The van der Waals surface area contributed by atoms with Gasteiger partial charge in [-0.05, 0) is 17.7 Å². The Labute approximate surface area is 82.3 Å². The second-order valence-corrected chi connectivity index (χ2v) is 2.75. The van der Waals surface area contributed by atoms with Gasteiger partial charge in [-0.1, -0.05) is 0 Å². The first kappa shape index (κ1) is 10.6. The van der Waals surface area contributed by atoms with Gasteiger partial charge < -0.3 is 10.8 Å². The van der Waals surface area contributed by atoms with Crippen LogP contribution < -0.4 is 5.73 Å². The van der Waals surface area contributed by atoms with Crippen LogP contribution in [0.2, 0.25) is 0 Å². The van der Waals surface area contributed by atoms with Crippen LogP contribution in [0.1, 0.15) is 22.5 Å². The average molecular weight is 223 g/mol. The Kier molecular flexibility index (Phi) is 2.85. The van der Waals surface area contributed by atoms with Crippen LogP contribution in [0.4, 0.5) is 14.6 Å². The molecule has 0 saturated heterocycles. The van der Waals surface area contributed by atoms with E-state index in [4.69, 9.17) is 22.4 Å². The number of rotatable bonds is 2. The molecule has 0 aliphatic carbocycles. The molecule has 0 spiro atoms. The number of hydrogen-bond acceptors (Lipinski definition) is 4. The van der Waals surface area contributed by atoms with Crippen molar-refractivity contribution >= 4 is 22.7 Å². The molecule has 1 aromatic heterocycles. The fourth-order valence-electron chi connectivity index (χ4n) is 0.882. The first-order chi connectivity index (χ1) is 6.43. The largest absolute Gasteiger partial charge is 0.505 e. The third-order valence-corrected chi connectivity index (χ3v) is 1.64. The standard InChI is InChI=1S/C7H5ClF2N2O2/c8-6(14)4-5(13)2(7(9)10)1-3(11)12-4/h1,7,13H,(H2,11,12). The van der Waals surface area contributed by atoms with Gasteiger partial charge in [-0.3, -0.25) is 4.79 Å². The van der Waals surface area contributed by atoms with Crippen molar-refractivity contribution in [1.29, 1.82) is 0 Å². The molecule has 0 atom stereocenters. The lowest BCUT2D eigenvalue weighted by molar-refractivity contribution is 0.107. The molecule has 1 aromatic rings. The number of carbonyl (C=O) groups excluding carboxylic acids is 1. The Morgan fingerprint density at radius 2 is 2.21 bits per heavy atom. The molecule has 0 amide bonds. The van der Waals surface area contributed by atoms with Crippen LogP contribution in [0, 0.1) is 0 Å². The van der Waals surface area contributed by atoms with E-state index < -0.39 is 28.7 Å². The minimum Gasteiger partial charge on any atom is -0.505 e. The zero-order chi connectivity index (χ0) is 10.9. The van der Waals surface area contributed by atoms with E-state index in [2.05, 4.69) is 4.98 Å². The topological polar surface area (TPSA) is 76.2 Å². The highest BCUT2D eigenvalue weighted by Crippen LogP contribution is 2.32. The van der Waals surface area contributed by atoms with Crippen LogP contribution in [0.15, 0.2) is 6.07 Å². The van der Waals surface area contributed by atoms with Gasteiger partial charge in [-0.2, -0.15) is 0 Å². The zero-order valence-corrected chi connectivity index (χ0v) is 7.42. The number of aromatic nitrogens is 1. The summed E-state index contributed by atoms with van der Waals surface area (Å²) in [5.41, 5.74) is 3.71. The molecule has 4 nitrogen and oxygen atoms in total. The Bertz CT molecular complexity index is 384. The summed E-state index contributed by atoms with van der Waals surface area (Å²) < 4.78 is 24.5. The summed E-state index contributed by atoms with van der Waals surface area (Å²) in [6.07, 6.45) is -2.95. The van der Waals surface area contributed by atoms with Crippen LogP contribution in [0.25, 0.3) is 0 Å². The molecule has 0 bridgehead atoms. The lowest BCUT2D eigenvalue weighted by atomic mass is 10.2. The molecule has 1 heterocycles. The van der Waals surface area contributed by atoms with E-state index in [1.807, 2.05) is 0 Å². The fraction of sp³-hybridized carbons (Fsp3) is 0.143. The van der Waals surface area contributed by atoms with Crippen LogP contribution in [0.3, 0.4) is 0 Å². The molecule has 3 N–H and O–H groups in total. The van der Waals surface area contributed by atoms with Gasteiger partial charge in [0.05, 0.1) is 5.56 Å². The molecule has 0 saturated carbocycles. The molecule has 76 valence electrons. The van der Waals surface area contributed by atoms with Crippen molar-refractivity contribution in [2.45, 2.75) is 6.43 Å². The first-order valence-corrected chi connectivity index (χ1v) is 3.78. The van der Waals surface area contributed by atoms with Crippen molar-refractivity contribution in [3.63, 3.8) is 0 Å². The van der Waals surface area contributed by atoms with Crippen LogP contribution in [-0.4, -0.2) is 15.3 Å².